The zero-order valence-electron chi connectivity index (χ0n) is 16.6. The number of rotatable bonds is 6. The lowest BCUT2D eigenvalue weighted by Crippen LogP contribution is -2.18. The summed E-state index contributed by atoms with van der Waals surface area (Å²) >= 11 is 0. The minimum Gasteiger partial charge on any atom is -0.310 e. The van der Waals surface area contributed by atoms with Crippen LogP contribution in [0.5, 0.6) is 0 Å². The Morgan fingerprint density at radius 3 is 2.50 bits per heavy atom. The highest BCUT2D eigenvalue weighted by atomic mass is 19.1. The van der Waals surface area contributed by atoms with E-state index >= 15 is 0 Å². The van der Waals surface area contributed by atoms with Crippen molar-refractivity contribution in [1.82, 2.24) is 14.8 Å². The van der Waals surface area contributed by atoms with Crippen LogP contribution in [0.3, 0.4) is 0 Å². The van der Waals surface area contributed by atoms with Crippen molar-refractivity contribution in [1.29, 1.82) is 0 Å². The zero-order chi connectivity index (χ0) is 20.3. The zero-order valence-corrected chi connectivity index (χ0v) is 16.6. The molecule has 0 spiro atoms. The summed E-state index contributed by atoms with van der Waals surface area (Å²) in [6.45, 7) is 7.88. The van der Waals surface area contributed by atoms with Crippen LogP contribution in [0.4, 0.5) is 10.2 Å². The number of pyridine rings is 1. The number of halogens is 1. The van der Waals surface area contributed by atoms with Crippen LogP contribution >= 0.6 is 0 Å². The van der Waals surface area contributed by atoms with E-state index in [9.17, 15) is 9.18 Å². The van der Waals surface area contributed by atoms with Crippen LogP contribution in [0.25, 0.3) is 22.4 Å². The Hall–Kier alpha value is -3.02. The van der Waals surface area contributed by atoms with Gasteiger partial charge in [0, 0.05) is 35.5 Å². The number of benzene rings is 1. The molecule has 0 aliphatic heterocycles. The first kappa shape index (κ1) is 19.7. The number of aromatic nitrogens is 3. The lowest BCUT2D eigenvalue weighted by atomic mass is 10.0. The average Bonchev–Trinajstić information content (AvgIpc) is 3.13. The van der Waals surface area contributed by atoms with Crippen LogP contribution in [-0.4, -0.2) is 20.7 Å². The maximum absolute atomic E-state index is 13.4. The number of nitrogens with zero attached hydrogens (tertiary/aromatic N) is 3. The monoisotopic (exact) mass is 380 g/mol. The van der Waals surface area contributed by atoms with Gasteiger partial charge < -0.3 is 5.32 Å². The molecule has 1 atom stereocenters. The highest BCUT2D eigenvalue weighted by Gasteiger charge is 2.17. The Morgan fingerprint density at radius 2 is 1.86 bits per heavy atom. The van der Waals surface area contributed by atoms with Gasteiger partial charge in [-0.25, -0.2) is 9.37 Å². The van der Waals surface area contributed by atoms with E-state index in [1.54, 1.807) is 18.3 Å². The third-order valence-corrected chi connectivity index (χ3v) is 4.74. The molecule has 0 saturated heterocycles. The number of hydrogen-bond donors (Lipinski definition) is 1. The number of amides is 1. The summed E-state index contributed by atoms with van der Waals surface area (Å²) in [5.41, 5.74) is 3.41. The van der Waals surface area contributed by atoms with Crippen molar-refractivity contribution in [3.8, 4) is 22.4 Å². The van der Waals surface area contributed by atoms with E-state index in [0.29, 0.717) is 5.82 Å². The molecule has 1 aromatic carbocycles. The van der Waals surface area contributed by atoms with Crippen molar-refractivity contribution in [2.45, 2.75) is 40.2 Å². The molecule has 0 fully saturated rings. The van der Waals surface area contributed by atoms with Crippen molar-refractivity contribution >= 4 is 11.7 Å². The van der Waals surface area contributed by atoms with Crippen LogP contribution < -0.4 is 5.32 Å². The summed E-state index contributed by atoms with van der Waals surface area (Å²) in [6.07, 6.45) is 4.60. The summed E-state index contributed by atoms with van der Waals surface area (Å²) in [5, 5.41) is 7.59. The van der Waals surface area contributed by atoms with Crippen LogP contribution in [0.1, 0.15) is 40.2 Å². The van der Waals surface area contributed by atoms with E-state index in [0.717, 1.165) is 28.8 Å². The highest BCUT2D eigenvalue weighted by molar-refractivity contribution is 5.92. The minimum absolute atomic E-state index is 0.0845. The maximum Gasteiger partial charge on any atom is 0.228 e. The first-order chi connectivity index (χ1) is 13.4. The van der Waals surface area contributed by atoms with E-state index in [1.165, 1.54) is 12.1 Å². The third-order valence-electron chi connectivity index (χ3n) is 4.74. The molecule has 3 aromatic rings. The number of carbonyl (C=O) groups is 1. The van der Waals surface area contributed by atoms with E-state index in [-0.39, 0.29) is 23.7 Å². The second kappa shape index (κ2) is 8.33. The van der Waals surface area contributed by atoms with Crippen LogP contribution in [0.15, 0.2) is 48.8 Å². The minimum atomic E-state index is -0.283. The molecule has 0 radical (unpaired) electrons. The summed E-state index contributed by atoms with van der Waals surface area (Å²) in [7, 11) is 0. The maximum atomic E-state index is 13.4. The Labute approximate surface area is 164 Å². The molecule has 5 nitrogen and oxygen atoms in total. The topological polar surface area (TPSA) is 59.8 Å². The van der Waals surface area contributed by atoms with Gasteiger partial charge in [-0.1, -0.05) is 20.8 Å². The number of nitrogens with one attached hydrogen (secondary N) is 1. The molecule has 1 amide bonds. The molecule has 1 unspecified atom stereocenters. The largest absolute Gasteiger partial charge is 0.310 e. The predicted octanol–water partition coefficient (Wildman–Crippen LogP) is 5.32. The second-order valence-electron chi connectivity index (χ2n) is 7.21. The lowest BCUT2D eigenvalue weighted by molar-refractivity contribution is -0.118. The van der Waals surface area contributed by atoms with Crippen molar-refractivity contribution in [2.75, 3.05) is 5.32 Å². The van der Waals surface area contributed by atoms with Gasteiger partial charge in [0.25, 0.3) is 0 Å². The van der Waals surface area contributed by atoms with Crippen LogP contribution in [0, 0.1) is 11.7 Å². The van der Waals surface area contributed by atoms with Gasteiger partial charge in [-0.15, -0.1) is 0 Å². The third kappa shape index (κ3) is 4.27. The van der Waals surface area contributed by atoms with Gasteiger partial charge in [0.2, 0.25) is 5.91 Å². The molecule has 6 heteroatoms. The average molecular weight is 380 g/mol. The number of hydrogen-bond acceptors (Lipinski definition) is 3. The van der Waals surface area contributed by atoms with E-state index in [2.05, 4.69) is 24.1 Å². The van der Waals surface area contributed by atoms with E-state index < -0.39 is 0 Å². The molecule has 0 bridgehead atoms. The van der Waals surface area contributed by atoms with Crippen molar-refractivity contribution in [2.24, 2.45) is 5.92 Å². The molecule has 28 heavy (non-hydrogen) atoms. The van der Waals surface area contributed by atoms with Crippen molar-refractivity contribution in [3.05, 3.63) is 54.6 Å². The second-order valence-corrected chi connectivity index (χ2v) is 7.21. The van der Waals surface area contributed by atoms with Crippen LogP contribution in [0.2, 0.25) is 0 Å². The summed E-state index contributed by atoms with van der Waals surface area (Å²) < 4.78 is 15.3. The Kier molecular flexibility index (Phi) is 5.87. The van der Waals surface area contributed by atoms with Gasteiger partial charge in [0.15, 0.2) is 0 Å². The molecule has 1 N–H and O–H groups in total. The molecule has 0 aliphatic carbocycles. The van der Waals surface area contributed by atoms with E-state index in [1.807, 2.05) is 36.9 Å². The highest BCUT2D eigenvalue weighted by Crippen LogP contribution is 2.33. The molecular formula is C22H25FN4O. The number of anilines is 1. The Morgan fingerprint density at radius 1 is 1.14 bits per heavy atom. The van der Waals surface area contributed by atoms with Gasteiger partial charge >= 0.3 is 0 Å². The first-order valence-electron chi connectivity index (χ1n) is 9.51. The van der Waals surface area contributed by atoms with Gasteiger partial charge in [-0.2, -0.15) is 5.10 Å². The molecule has 0 saturated carbocycles. The molecule has 2 aromatic heterocycles. The van der Waals surface area contributed by atoms with E-state index in [4.69, 9.17) is 5.10 Å². The van der Waals surface area contributed by atoms with Crippen LogP contribution in [-0.2, 0) is 4.79 Å². The van der Waals surface area contributed by atoms with Crippen molar-refractivity contribution in [3.63, 3.8) is 0 Å². The standard InChI is InChI=1S/C22H25FN4O/c1-5-15(4)27-13-19(21(26-27)16-6-8-18(23)9-7-16)17-10-11-24-20(12-17)25-22(28)14(2)3/h6-15H,5H2,1-4H3,(H,24,25,28). The van der Waals surface area contributed by atoms with Gasteiger partial charge in [0.05, 0.1) is 0 Å². The predicted molar refractivity (Wildman–Crippen MR) is 109 cm³/mol. The fraction of sp³-hybridized carbons (Fsp3) is 0.318. The molecule has 0 aliphatic rings. The SMILES string of the molecule is CCC(C)n1cc(-c2ccnc(NC(=O)C(C)C)c2)c(-c2ccc(F)cc2)n1. The van der Waals surface area contributed by atoms with Gasteiger partial charge in [0.1, 0.15) is 17.3 Å². The molecule has 2 heterocycles. The molecular weight excluding hydrogens is 355 g/mol. The smallest absolute Gasteiger partial charge is 0.228 e. The normalized spacial score (nSPS) is 12.2. The fourth-order valence-corrected chi connectivity index (χ4v) is 2.77. The Bertz CT molecular complexity index is 963. The molecule has 3 rings (SSSR count). The Balaban J connectivity index is 2.06. The van der Waals surface area contributed by atoms with Gasteiger partial charge in [-0.05, 0) is 55.3 Å². The lowest BCUT2D eigenvalue weighted by Gasteiger charge is -2.09. The summed E-state index contributed by atoms with van der Waals surface area (Å²) in [6, 6.07) is 10.3. The van der Waals surface area contributed by atoms with Gasteiger partial charge in [-0.3, -0.25) is 9.48 Å². The quantitative estimate of drug-likeness (QED) is 0.630. The molecule has 146 valence electrons. The van der Waals surface area contributed by atoms with Crippen molar-refractivity contribution < 1.29 is 9.18 Å². The first-order valence-corrected chi connectivity index (χ1v) is 9.51. The summed E-state index contributed by atoms with van der Waals surface area (Å²) in [4.78, 5) is 16.3. The fourth-order valence-electron chi connectivity index (χ4n) is 2.77. The summed E-state index contributed by atoms with van der Waals surface area (Å²) in [5.74, 6) is -0.00102. The number of carbonyl (C=O) groups excluding carboxylic acids is 1.